The molecule has 0 aromatic carbocycles. The molecule has 1 aromatic heterocycles. The SMILES string of the molecule is CN(C)S(=O)(=O)CCCN1CCN(c2nccn2C)CC1. The Morgan fingerprint density at radius 2 is 1.90 bits per heavy atom. The number of rotatable bonds is 6. The van der Waals surface area contributed by atoms with Crippen molar-refractivity contribution in [3.63, 3.8) is 0 Å². The van der Waals surface area contributed by atoms with E-state index in [2.05, 4.69) is 14.8 Å². The number of piperazine rings is 1. The summed E-state index contributed by atoms with van der Waals surface area (Å²) in [5, 5.41) is 0. The third kappa shape index (κ3) is 4.18. The summed E-state index contributed by atoms with van der Waals surface area (Å²) in [7, 11) is 2.10. The maximum Gasteiger partial charge on any atom is 0.213 e. The van der Waals surface area contributed by atoms with Crippen molar-refractivity contribution in [2.45, 2.75) is 6.42 Å². The first-order chi connectivity index (χ1) is 9.90. The second kappa shape index (κ2) is 6.76. The molecule has 0 aliphatic carbocycles. The molecule has 0 radical (unpaired) electrons. The molecule has 1 aromatic rings. The van der Waals surface area contributed by atoms with Crippen LogP contribution < -0.4 is 4.90 Å². The summed E-state index contributed by atoms with van der Waals surface area (Å²) in [5.41, 5.74) is 0. The molecule has 1 aliphatic rings. The zero-order chi connectivity index (χ0) is 15.5. The van der Waals surface area contributed by atoms with Crippen LogP contribution in [0.3, 0.4) is 0 Å². The zero-order valence-corrected chi connectivity index (χ0v) is 13.9. The lowest BCUT2D eigenvalue weighted by Gasteiger charge is -2.35. The molecule has 0 atom stereocenters. The molecule has 1 fully saturated rings. The highest BCUT2D eigenvalue weighted by molar-refractivity contribution is 7.89. The first-order valence-electron chi connectivity index (χ1n) is 7.25. The largest absolute Gasteiger partial charge is 0.340 e. The Morgan fingerprint density at radius 1 is 1.24 bits per heavy atom. The summed E-state index contributed by atoms with van der Waals surface area (Å²) in [5.74, 6) is 1.23. The zero-order valence-electron chi connectivity index (χ0n) is 13.1. The number of imidazole rings is 1. The van der Waals surface area contributed by atoms with Crippen molar-refractivity contribution in [2.75, 3.05) is 57.5 Å². The molecule has 2 heterocycles. The van der Waals surface area contributed by atoms with E-state index >= 15 is 0 Å². The van der Waals surface area contributed by atoms with Gasteiger partial charge in [-0.05, 0) is 13.0 Å². The van der Waals surface area contributed by atoms with Gasteiger partial charge < -0.3 is 9.47 Å². The van der Waals surface area contributed by atoms with Crippen molar-refractivity contribution in [2.24, 2.45) is 7.05 Å². The summed E-state index contributed by atoms with van der Waals surface area (Å²) in [6.07, 6.45) is 4.45. The van der Waals surface area contributed by atoms with Crippen molar-refractivity contribution >= 4 is 16.0 Å². The molecule has 0 bridgehead atoms. The summed E-state index contributed by atoms with van der Waals surface area (Å²) >= 11 is 0. The van der Waals surface area contributed by atoms with E-state index in [1.54, 1.807) is 14.1 Å². The number of aryl methyl sites for hydroxylation is 1. The van der Waals surface area contributed by atoms with Crippen molar-refractivity contribution in [3.8, 4) is 0 Å². The van der Waals surface area contributed by atoms with Crippen LogP contribution in [0.25, 0.3) is 0 Å². The number of sulfonamides is 1. The minimum absolute atomic E-state index is 0.222. The van der Waals surface area contributed by atoms with Crippen molar-refractivity contribution in [3.05, 3.63) is 12.4 Å². The Balaban J connectivity index is 1.74. The van der Waals surface area contributed by atoms with Crippen LogP contribution in [-0.2, 0) is 17.1 Å². The molecule has 1 saturated heterocycles. The molecule has 1 aliphatic heterocycles. The van der Waals surface area contributed by atoms with Crippen LogP contribution in [0.15, 0.2) is 12.4 Å². The van der Waals surface area contributed by atoms with Crippen molar-refractivity contribution in [1.29, 1.82) is 0 Å². The van der Waals surface area contributed by atoms with Gasteiger partial charge in [0.2, 0.25) is 16.0 Å². The molecule has 120 valence electrons. The molecule has 7 nitrogen and oxygen atoms in total. The van der Waals surface area contributed by atoms with Gasteiger partial charge in [0.1, 0.15) is 0 Å². The van der Waals surface area contributed by atoms with Crippen LogP contribution in [0, 0.1) is 0 Å². The average molecular weight is 315 g/mol. The minimum atomic E-state index is -3.07. The Morgan fingerprint density at radius 3 is 2.43 bits per heavy atom. The minimum Gasteiger partial charge on any atom is -0.340 e. The van der Waals surface area contributed by atoms with E-state index in [-0.39, 0.29) is 5.75 Å². The molecule has 0 N–H and O–H groups in total. The summed E-state index contributed by atoms with van der Waals surface area (Å²) < 4.78 is 26.7. The molecule has 0 unspecified atom stereocenters. The lowest BCUT2D eigenvalue weighted by atomic mass is 10.3. The van der Waals surface area contributed by atoms with Gasteiger partial charge in [0.15, 0.2) is 0 Å². The monoisotopic (exact) mass is 315 g/mol. The quantitative estimate of drug-likeness (QED) is 0.729. The van der Waals surface area contributed by atoms with E-state index < -0.39 is 10.0 Å². The number of anilines is 1. The molecule has 0 saturated carbocycles. The van der Waals surface area contributed by atoms with E-state index in [1.165, 1.54) is 4.31 Å². The maximum atomic E-state index is 11.7. The summed E-state index contributed by atoms with van der Waals surface area (Å²) in [6, 6.07) is 0. The van der Waals surface area contributed by atoms with Crippen molar-refractivity contribution in [1.82, 2.24) is 18.8 Å². The van der Waals surface area contributed by atoms with E-state index in [0.717, 1.165) is 38.7 Å². The Hall–Kier alpha value is -1.12. The number of aromatic nitrogens is 2. The average Bonchev–Trinajstić information content (AvgIpc) is 2.85. The van der Waals surface area contributed by atoms with Gasteiger partial charge in [0, 0.05) is 59.7 Å². The van der Waals surface area contributed by atoms with Gasteiger partial charge in [-0.3, -0.25) is 4.90 Å². The molecular formula is C13H25N5O2S. The van der Waals surface area contributed by atoms with E-state index in [1.807, 2.05) is 24.0 Å². The molecular weight excluding hydrogens is 290 g/mol. The normalized spacial score (nSPS) is 17.6. The Labute approximate surface area is 127 Å². The smallest absolute Gasteiger partial charge is 0.213 e. The third-order valence-corrected chi connectivity index (χ3v) is 5.80. The molecule has 21 heavy (non-hydrogen) atoms. The van der Waals surface area contributed by atoms with Crippen molar-refractivity contribution < 1.29 is 8.42 Å². The topological polar surface area (TPSA) is 61.7 Å². The van der Waals surface area contributed by atoms with Crippen LogP contribution in [0.5, 0.6) is 0 Å². The highest BCUT2D eigenvalue weighted by Crippen LogP contribution is 2.13. The van der Waals surface area contributed by atoms with Gasteiger partial charge in [-0.25, -0.2) is 17.7 Å². The van der Waals surface area contributed by atoms with Gasteiger partial charge in [-0.2, -0.15) is 0 Å². The third-order valence-electron chi connectivity index (χ3n) is 3.88. The standard InChI is InChI=1S/C13H25N5O2S/c1-15(2)21(19,20)12-4-6-17-8-10-18(11-9-17)13-14-5-7-16(13)3/h5,7H,4,6,8-12H2,1-3H3. The molecule has 2 rings (SSSR count). The first-order valence-corrected chi connectivity index (χ1v) is 8.86. The number of nitrogens with zero attached hydrogens (tertiary/aromatic N) is 5. The molecule has 0 spiro atoms. The van der Waals surface area contributed by atoms with Gasteiger partial charge in [0.05, 0.1) is 5.75 Å². The van der Waals surface area contributed by atoms with E-state index in [4.69, 9.17) is 0 Å². The highest BCUT2D eigenvalue weighted by atomic mass is 32.2. The van der Waals surface area contributed by atoms with Crippen LogP contribution in [0.1, 0.15) is 6.42 Å². The summed E-state index contributed by atoms with van der Waals surface area (Å²) in [4.78, 5) is 8.96. The predicted octanol–water partition coefficient (Wildman–Crippen LogP) is -0.176. The molecule has 0 amide bonds. The van der Waals surface area contributed by atoms with Gasteiger partial charge in [0.25, 0.3) is 0 Å². The predicted molar refractivity (Wildman–Crippen MR) is 84.0 cm³/mol. The maximum absolute atomic E-state index is 11.7. The second-order valence-corrected chi connectivity index (χ2v) is 7.92. The fraction of sp³-hybridized carbons (Fsp3) is 0.769. The lowest BCUT2D eigenvalue weighted by Crippen LogP contribution is -2.47. The second-order valence-electron chi connectivity index (χ2n) is 5.62. The fourth-order valence-corrected chi connectivity index (χ4v) is 3.35. The van der Waals surface area contributed by atoms with Gasteiger partial charge in [-0.1, -0.05) is 0 Å². The highest BCUT2D eigenvalue weighted by Gasteiger charge is 2.20. The van der Waals surface area contributed by atoms with E-state index in [0.29, 0.717) is 6.42 Å². The number of hydrogen-bond acceptors (Lipinski definition) is 5. The van der Waals surface area contributed by atoms with Gasteiger partial charge in [-0.15, -0.1) is 0 Å². The Kier molecular flexibility index (Phi) is 5.23. The van der Waals surface area contributed by atoms with Crippen LogP contribution in [-0.4, -0.2) is 79.7 Å². The van der Waals surface area contributed by atoms with Crippen LogP contribution >= 0.6 is 0 Å². The summed E-state index contributed by atoms with van der Waals surface area (Å²) in [6.45, 7) is 4.61. The lowest BCUT2D eigenvalue weighted by molar-refractivity contribution is 0.257. The first kappa shape index (κ1) is 16.3. The number of hydrogen-bond donors (Lipinski definition) is 0. The Bertz CT molecular complexity index is 547. The fourth-order valence-electron chi connectivity index (χ4n) is 2.49. The van der Waals surface area contributed by atoms with Crippen LogP contribution in [0.4, 0.5) is 5.95 Å². The van der Waals surface area contributed by atoms with Crippen LogP contribution in [0.2, 0.25) is 0 Å². The van der Waals surface area contributed by atoms with E-state index in [9.17, 15) is 8.42 Å². The molecule has 8 heteroatoms. The van der Waals surface area contributed by atoms with Gasteiger partial charge >= 0.3 is 0 Å².